The van der Waals surface area contributed by atoms with Crippen molar-refractivity contribution in [2.24, 2.45) is 0 Å². The Kier molecular flexibility index (Phi) is 3.90. The minimum Gasteiger partial charge on any atom is -0.496 e. The van der Waals surface area contributed by atoms with E-state index in [1.165, 1.54) is 0 Å². The monoisotopic (exact) mass is 332 g/mol. The van der Waals surface area contributed by atoms with Gasteiger partial charge in [0.1, 0.15) is 17.6 Å². The normalized spacial score (nSPS) is 18.0. The van der Waals surface area contributed by atoms with Crippen LogP contribution in [0.4, 0.5) is 0 Å². The highest BCUT2D eigenvalue weighted by Crippen LogP contribution is 2.55. The van der Waals surface area contributed by atoms with Crippen LogP contribution in [0, 0.1) is 0 Å². The lowest BCUT2D eigenvalue weighted by atomic mass is 9.80. The fourth-order valence-electron chi connectivity index (χ4n) is 3.42. The molecule has 1 atom stereocenters. The zero-order valence-electron chi connectivity index (χ0n) is 15.3. The highest BCUT2D eigenvalue weighted by molar-refractivity contribution is 6.00. The van der Waals surface area contributed by atoms with E-state index < -0.39 is 0 Å². The summed E-state index contributed by atoms with van der Waals surface area (Å²) in [5, 5.41) is 1.78. The van der Waals surface area contributed by atoms with Gasteiger partial charge in [-0.1, -0.05) is 13.8 Å². The van der Waals surface area contributed by atoms with Gasteiger partial charge >= 0.3 is 0 Å². The van der Waals surface area contributed by atoms with Gasteiger partial charge in [0.2, 0.25) is 5.75 Å². The van der Waals surface area contributed by atoms with Crippen LogP contribution < -0.4 is 23.7 Å². The van der Waals surface area contributed by atoms with Crippen LogP contribution in [0.3, 0.4) is 0 Å². The second-order valence-electron chi connectivity index (χ2n) is 6.51. The third-order valence-corrected chi connectivity index (χ3v) is 5.02. The van der Waals surface area contributed by atoms with E-state index in [4.69, 9.17) is 23.7 Å². The molecule has 3 rings (SSSR count). The Hall–Kier alpha value is -2.30. The molecular formula is C19H24O5. The summed E-state index contributed by atoms with van der Waals surface area (Å²) >= 11 is 0. The lowest BCUT2D eigenvalue weighted by Crippen LogP contribution is -2.29. The van der Waals surface area contributed by atoms with E-state index in [1.807, 2.05) is 12.1 Å². The number of hydrogen-bond donors (Lipinski definition) is 0. The molecule has 1 heterocycles. The van der Waals surface area contributed by atoms with Crippen LogP contribution >= 0.6 is 0 Å². The molecule has 24 heavy (non-hydrogen) atoms. The standard InChI is InChI=1S/C19H24O5/c1-10-19(2,3)15-12(24-10)8-11-9-13(20-4)16(21-5)18(23-7)14(11)17(15)22-6/h8-10H,1-7H3. The molecule has 0 saturated heterocycles. The molecule has 2 aromatic carbocycles. The van der Waals surface area contributed by atoms with Crippen LogP contribution in [0.5, 0.6) is 28.7 Å². The Balaban J connectivity index is 2.48. The first kappa shape index (κ1) is 16.6. The van der Waals surface area contributed by atoms with Crippen molar-refractivity contribution in [3.8, 4) is 28.7 Å². The SMILES string of the molecule is COc1cc2cc3c(c(OC)c2c(OC)c1OC)C(C)(C)C(C)O3. The Morgan fingerprint density at radius 1 is 0.875 bits per heavy atom. The Bertz CT molecular complexity index is 794. The average molecular weight is 332 g/mol. The molecule has 0 fully saturated rings. The second kappa shape index (κ2) is 5.65. The maximum absolute atomic E-state index is 6.08. The van der Waals surface area contributed by atoms with E-state index in [2.05, 4.69) is 20.8 Å². The average Bonchev–Trinajstić information content (AvgIpc) is 2.80. The van der Waals surface area contributed by atoms with Crippen LogP contribution in [0.2, 0.25) is 0 Å². The van der Waals surface area contributed by atoms with Crippen LogP contribution in [0.25, 0.3) is 10.8 Å². The molecular weight excluding hydrogens is 308 g/mol. The summed E-state index contributed by atoms with van der Waals surface area (Å²) in [4.78, 5) is 0. The number of ether oxygens (including phenoxy) is 5. The number of benzene rings is 2. The number of fused-ring (bicyclic) bond motifs is 2. The smallest absolute Gasteiger partial charge is 0.204 e. The van der Waals surface area contributed by atoms with Gasteiger partial charge < -0.3 is 23.7 Å². The minimum absolute atomic E-state index is 0.0491. The number of hydrogen-bond acceptors (Lipinski definition) is 5. The van der Waals surface area contributed by atoms with E-state index >= 15 is 0 Å². The predicted molar refractivity (Wildman–Crippen MR) is 93.3 cm³/mol. The summed E-state index contributed by atoms with van der Waals surface area (Å²) in [6, 6.07) is 3.93. The lowest BCUT2D eigenvalue weighted by molar-refractivity contribution is 0.185. The lowest BCUT2D eigenvalue weighted by Gasteiger charge is -2.25. The maximum atomic E-state index is 6.08. The van der Waals surface area contributed by atoms with Crippen LogP contribution in [0.1, 0.15) is 26.3 Å². The van der Waals surface area contributed by atoms with Crippen molar-refractivity contribution < 1.29 is 23.7 Å². The van der Waals surface area contributed by atoms with E-state index in [9.17, 15) is 0 Å². The third-order valence-electron chi connectivity index (χ3n) is 5.02. The van der Waals surface area contributed by atoms with Gasteiger partial charge in [-0.05, 0) is 24.4 Å². The molecule has 5 nitrogen and oxygen atoms in total. The molecule has 1 aliphatic heterocycles. The number of methoxy groups -OCH3 is 4. The van der Waals surface area contributed by atoms with Crippen molar-refractivity contribution >= 4 is 10.8 Å². The summed E-state index contributed by atoms with van der Waals surface area (Å²) in [5.41, 5.74) is 0.878. The molecule has 0 radical (unpaired) electrons. The van der Waals surface area contributed by atoms with Crippen molar-refractivity contribution in [2.75, 3.05) is 28.4 Å². The molecule has 0 spiro atoms. The van der Waals surface area contributed by atoms with Crippen LogP contribution in [-0.4, -0.2) is 34.5 Å². The van der Waals surface area contributed by atoms with E-state index in [1.54, 1.807) is 28.4 Å². The fraction of sp³-hybridized carbons (Fsp3) is 0.474. The maximum Gasteiger partial charge on any atom is 0.204 e. The molecule has 0 N–H and O–H groups in total. The van der Waals surface area contributed by atoms with Gasteiger partial charge in [-0.3, -0.25) is 0 Å². The molecule has 1 unspecified atom stereocenters. The first-order valence-electron chi connectivity index (χ1n) is 7.91. The topological polar surface area (TPSA) is 46.2 Å². The van der Waals surface area contributed by atoms with Gasteiger partial charge in [-0.15, -0.1) is 0 Å². The molecule has 0 bridgehead atoms. The van der Waals surface area contributed by atoms with Gasteiger partial charge in [0.05, 0.1) is 33.8 Å². The zero-order valence-corrected chi connectivity index (χ0v) is 15.3. The Labute approximate surface area is 142 Å². The van der Waals surface area contributed by atoms with E-state index in [0.29, 0.717) is 17.2 Å². The summed E-state index contributed by atoms with van der Waals surface area (Å²) < 4.78 is 28.5. The van der Waals surface area contributed by atoms with Crippen molar-refractivity contribution in [1.29, 1.82) is 0 Å². The summed E-state index contributed by atoms with van der Waals surface area (Å²) in [6.45, 7) is 6.39. The highest BCUT2D eigenvalue weighted by atomic mass is 16.5. The van der Waals surface area contributed by atoms with Gasteiger partial charge in [0.15, 0.2) is 11.5 Å². The second-order valence-corrected chi connectivity index (χ2v) is 6.51. The minimum atomic E-state index is -0.174. The largest absolute Gasteiger partial charge is 0.496 e. The predicted octanol–water partition coefficient (Wildman–Crippen LogP) is 3.93. The molecule has 0 amide bonds. The molecule has 5 heteroatoms. The van der Waals surface area contributed by atoms with Gasteiger partial charge in [0.25, 0.3) is 0 Å². The Morgan fingerprint density at radius 2 is 1.50 bits per heavy atom. The summed E-state index contributed by atoms with van der Waals surface area (Å²) in [5.74, 6) is 3.35. The van der Waals surface area contributed by atoms with Gasteiger partial charge in [0, 0.05) is 11.0 Å². The van der Waals surface area contributed by atoms with Crippen molar-refractivity contribution in [1.82, 2.24) is 0 Å². The number of rotatable bonds is 4. The highest BCUT2D eigenvalue weighted by Gasteiger charge is 2.42. The zero-order chi connectivity index (χ0) is 17.6. The fourth-order valence-corrected chi connectivity index (χ4v) is 3.42. The first-order chi connectivity index (χ1) is 11.4. The molecule has 130 valence electrons. The van der Waals surface area contributed by atoms with E-state index in [-0.39, 0.29) is 11.5 Å². The van der Waals surface area contributed by atoms with Crippen molar-refractivity contribution in [3.05, 3.63) is 17.7 Å². The molecule has 0 aromatic heterocycles. The quantitative estimate of drug-likeness (QED) is 0.849. The molecule has 0 aliphatic carbocycles. The molecule has 0 saturated carbocycles. The van der Waals surface area contributed by atoms with Crippen molar-refractivity contribution in [3.63, 3.8) is 0 Å². The summed E-state index contributed by atoms with van der Waals surface area (Å²) in [6.07, 6.45) is 0.0491. The first-order valence-corrected chi connectivity index (χ1v) is 7.91. The van der Waals surface area contributed by atoms with E-state index in [0.717, 1.165) is 27.8 Å². The van der Waals surface area contributed by atoms with Crippen molar-refractivity contribution in [2.45, 2.75) is 32.3 Å². The molecule has 2 aromatic rings. The third kappa shape index (κ3) is 2.07. The summed E-state index contributed by atoms with van der Waals surface area (Å²) in [7, 11) is 6.49. The van der Waals surface area contributed by atoms with Gasteiger partial charge in [-0.25, -0.2) is 0 Å². The molecule has 1 aliphatic rings. The van der Waals surface area contributed by atoms with Crippen LogP contribution in [0.15, 0.2) is 12.1 Å². The Morgan fingerprint density at radius 3 is 2.04 bits per heavy atom. The van der Waals surface area contributed by atoms with Crippen LogP contribution in [-0.2, 0) is 5.41 Å². The van der Waals surface area contributed by atoms with Gasteiger partial charge in [-0.2, -0.15) is 0 Å².